The van der Waals surface area contributed by atoms with Crippen LogP contribution in [-0.4, -0.2) is 56.6 Å². The van der Waals surface area contributed by atoms with Gasteiger partial charge in [0.15, 0.2) is 11.5 Å². The monoisotopic (exact) mass is 444 g/mol. The number of anilines is 1. The largest absolute Gasteiger partial charge is 0.472 e. The van der Waals surface area contributed by atoms with E-state index in [-0.39, 0.29) is 5.91 Å². The van der Waals surface area contributed by atoms with E-state index in [1.807, 2.05) is 46.7 Å². The molecule has 1 aromatic carbocycles. The number of para-hydroxylation sites is 1. The molecule has 0 radical (unpaired) electrons. The molecule has 4 aromatic heterocycles. The van der Waals surface area contributed by atoms with E-state index in [0.29, 0.717) is 25.2 Å². The summed E-state index contributed by atoms with van der Waals surface area (Å²) >= 11 is 1.63. The van der Waals surface area contributed by atoms with Gasteiger partial charge in [-0.1, -0.05) is 18.2 Å². The number of amides is 1. The van der Waals surface area contributed by atoms with Gasteiger partial charge in [0.2, 0.25) is 5.95 Å². The summed E-state index contributed by atoms with van der Waals surface area (Å²) in [6, 6.07) is 13.8. The predicted molar refractivity (Wildman–Crippen MR) is 123 cm³/mol. The lowest BCUT2D eigenvalue weighted by Gasteiger charge is -2.24. The molecule has 6 rings (SSSR count). The fourth-order valence-electron chi connectivity index (χ4n) is 4.23. The highest BCUT2D eigenvalue weighted by Gasteiger charge is 2.25. The summed E-state index contributed by atoms with van der Waals surface area (Å²) in [5, 5.41) is 12.1. The first-order valence-electron chi connectivity index (χ1n) is 10.5. The first-order valence-corrected chi connectivity index (χ1v) is 11.4. The van der Waals surface area contributed by atoms with Crippen LogP contribution in [0.4, 0.5) is 5.95 Å². The number of fused-ring (bicyclic) bond motifs is 3. The minimum absolute atomic E-state index is 0.000731. The van der Waals surface area contributed by atoms with Crippen molar-refractivity contribution >= 4 is 39.7 Å². The van der Waals surface area contributed by atoms with Gasteiger partial charge in [-0.15, -0.1) is 21.5 Å². The van der Waals surface area contributed by atoms with Crippen LogP contribution in [0.3, 0.4) is 0 Å². The quantitative estimate of drug-likeness (QED) is 0.419. The number of hydrogen-bond donors (Lipinski definition) is 0. The zero-order valence-electron chi connectivity index (χ0n) is 17.2. The van der Waals surface area contributed by atoms with Gasteiger partial charge in [0.05, 0.1) is 22.2 Å². The number of aromatic nitrogens is 4. The number of rotatable bonds is 3. The van der Waals surface area contributed by atoms with Crippen molar-refractivity contribution in [3.05, 3.63) is 65.9 Å². The summed E-state index contributed by atoms with van der Waals surface area (Å²) in [5.74, 6) is 1.60. The second-order valence-electron chi connectivity index (χ2n) is 7.73. The second kappa shape index (κ2) is 7.76. The van der Waals surface area contributed by atoms with E-state index >= 15 is 0 Å². The van der Waals surface area contributed by atoms with E-state index in [1.54, 1.807) is 17.4 Å². The molecule has 9 heteroatoms. The number of nitrogens with zero attached hydrogens (tertiary/aromatic N) is 6. The maximum absolute atomic E-state index is 12.8. The van der Waals surface area contributed by atoms with Crippen molar-refractivity contribution in [2.24, 2.45) is 0 Å². The zero-order valence-corrected chi connectivity index (χ0v) is 18.0. The van der Waals surface area contributed by atoms with E-state index < -0.39 is 0 Å². The van der Waals surface area contributed by atoms with E-state index in [4.69, 9.17) is 9.40 Å². The van der Waals surface area contributed by atoms with Crippen LogP contribution in [0.25, 0.3) is 27.3 Å². The maximum Gasteiger partial charge on any atom is 0.257 e. The van der Waals surface area contributed by atoms with E-state index in [1.165, 1.54) is 12.5 Å². The molecular formula is C23H20N6O2S. The Morgan fingerprint density at radius 3 is 2.78 bits per heavy atom. The van der Waals surface area contributed by atoms with Gasteiger partial charge in [-0.2, -0.15) is 0 Å². The molecule has 1 saturated heterocycles. The standard InChI is InChI=1S/C23H20N6O2S/c30-22(16-8-13-31-15-16)27-9-4-10-28(12-11-27)23-24-18-6-2-1-5-17(18)20-25-26-21(29(20)23)19-7-3-14-32-19/h1-3,5-8,13-15H,4,9-12H2. The molecule has 0 spiro atoms. The maximum atomic E-state index is 12.8. The van der Waals surface area contributed by atoms with Crippen molar-refractivity contribution in [3.8, 4) is 10.7 Å². The zero-order chi connectivity index (χ0) is 21.5. The molecule has 0 saturated carbocycles. The van der Waals surface area contributed by atoms with Gasteiger partial charge < -0.3 is 14.2 Å². The normalized spacial score (nSPS) is 14.9. The Morgan fingerprint density at radius 1 is 1.00 bits per heavy atom. The predicted octanol–water partition coefficient (Wildman–Crippen LogP) is 3.95. The Morgan fingerprint density at radius 2 is 1.94 bits per heavy atom. The molecule has 0 aliphatic carbocycles. The molecule has 1 aliphatic heterocycles. The number of hydrogen-bond acceptors (Lipinski definition) is 7. The molecule has 32 heavy (non-hydrogen) atoms. The van der Waals surface area contributed by atoms with Crippen LogP contribution in [0.1, 0.15) is 16.8 Å². The van der Waals surface area contributed by atoms with Crippen LogP contribution in [0.5, 0.6) is 0 Å². The molecule has 1 fully saturated rings. The van der Waals surface area contributed by atoms with Gasteiger partial charge in [-0.25, -0.2) is 9.38 Å². The highest BCUT2D eigenvalue weighted by molar-refractivity contribution is 7.13. The van der Waals surface area contributed by atoms with Crippen LogP contribution in [0.15, 0.2) is 64.8 Å². The molecule has 5 heterocycles. The van der Waals surface area contributed by atoms with Crippen molar-refractivity contribution in [2.45, 2.75) is 6.42 Å². The minimum atomic E-state index is 0.000731. The Bertz CT molecular complexity index is 1390. The smallest absolute Gasteiger partial charge is 0.257 e. The second-order valence-corrected chi connectivity index (χ2v) is 8.68. The third kappa shape index (κ3) is 3.13. The highest BCUT2D eigenvalue weighted by Crippen LogP contribution is 2.30. The lowest BCUT2D eigenvalue weighted by atomic mass is 10.2. The van der Waals surface area contributed by atoms with Gasteiger partial charge in [0.1, 0.15) is 6.26 Å². The van der Waals surface area contributed by atoms with Crippen LogP contribution in [0, 0.1) is 0 Å². The van der Waals surface area contributed by atoms with Gasteiger partial charge in [-0.3, -0.25) is 4.79 Å². The summed E-state index contributed by atoms with van der Waals surface area (Å²) < 4.78 is 7.15. The summed E-state index contributed by atoms with van der Waals surface area (Å²) in [4.78, 5) is 23.0. The van der Waals surface area contributed by atoms with Gasteiger partial charge >= 0.3 is 0 Å². The van der Waals surface area contributed by atoms with Gasteiger partial charge in [0, 0.05) is 31.6 Å². The molecule has 8 nitrogen and oxygen atoms in total. The van der Waals surface area contributed by atoms with E-state index in [0.717, 1.165) is 46.2 Å². The molecule has 0 N–H and O–H groups in total. The molecule has 5 aromatic rings. The van der Waals surface area contributed by atoms with E-state index in [9.17, 15) is 4.79 Å². The summed E-state index contributed by atoms with van der Waals surface area (Å²) in [6.45, 7) is 2.76. The fourth-order valence-corrected chi connectivity index (χ4v) is 4.93. The molecule has 0 bridgehead atoms. The van der Waals surface area contributed by atoms with Crippen molar-refractivity contribution in [3.63, 3.8) is 0 Å². The van der Waals surface area contributed by atoms with Crippen molar-refractivity contribution in [1.29, 1.82) is 0 Å². The Balaban J connectivity index is 1.42. The Kier molecular flexibility index (Phi) is 4.61. The van der Waals surface area contributed by atoms with Crippen LogP contribution < -0.4 is 4.90 Å². The Hall–Kier alpha value is -3.72. The third-order valence-corrected chi connectivity index (χ3v) is 6.67. The van der Waals surface area contributed by atoms with Crippen molar-refractivity contribution < 1.29 is 9.21 Å². The lowest BCUT2D eigenvalue weighted by molar-refractivity contribution is 0.0766. The van der Waals surface area contributed by atoms with Crippen LogP contribution in [-0.2, 0) is 0 Å². The first kappa shape index (κ1) is 19.0. The minimum Gasteiger partial charge on any atom is -0.472 e. The SMILES string of the molecule is O=C(c1ccoc1)N1CCCN(c2nc3ccccc3c3nnc(-c4cccs4)n23)CC1. The molecule has 0 unspecified atom stereocenters. The number of furan rings is 1. The van der Waals surface area contributed by atoms with Crippen molar-refractivity contribution in [2.75, 3.05) is 31.1 Å². The molecular weight excluding hydrogens is 424 g/mol. The summed E-state index contributed by atoms with van der Waals surface area (Å²) in [6.07, 6.45) is 3.88. The fraction of sp³-hybridized carbons (Fsp3) is 0.217. The number of thiophene rings is 1. The number of carbonyl (C=O) groups is 1. The van der Waals surface area contributed by atoms with Crippen molar-refractivity contribution in [1.82, 2.24) is 24.5 Å². The molecule has 160 valence electrons. The Labute approximate surface area is 187 Å². The molecule has 1 amide bonds. The number of benzene rings is 1. The molecule has 1 aliphatic rings. The third-order valence-electron chi connectivity index (χ3n) is 5.80. The average Bonchev–Trinajstić information content (AvgIpc) is 3.57. The highest BCUT2D eigenvalue weighted by atomic mass is 32.1. The van der Waals surface area contributed by atoms with Crippen LogP contribution >= 0.6 is 11.3 Å². The molecule has 0 atom stereocenters. The van der Waals surface area contributed by atoms with E-state index in [2.05, 4.69) is 19.5 Å². The topological polar surface area (TPSA) is 79.8 Å². The van der Waals surface area contributed by atoms with Gasteiger partial charge in [0.25, 0.3) is 5.91 Å². The average molecular weight is 445 g/mol. The number of carbonyl (C=O) groups excluding carboxylic acids is 1. The van der Waals surface area contributed by atoms with Gasteiger partial charge in [-0.05, 0) is 36.1 Å². The van der Waals surface area contributed by atoms with Crippen LogP contribution in [0.2, 0.25) is 0 Å². The first-order chi connectivity index (χ1) is 15.8. The lowest BCUT2D eigenvalue weighted by Crippen LogP contribution is -2.35. The summed E-state index contributed by atoms with van der Waals surface area (Å²) in [7, 11) is 0. The summed E-state index contributed by atoms with van der Waals surface area (Å²) in [5.41, 5.74) is 2.27.